The third kappa shape index (κ3) is 5.50. The van der Waals surface area contributed by atoms with E-state index in [1.165, 1.54) is 16.0 Å². The molecular weight excluding hydrogens is 447 g/mol. The molecule has 158 valence electrons. The first-order chi connectivity index (χ1) is 14.7. The van der Waals surface area contributed by atoms with Crippen LogP contribution in [0.3, 0.4) is 0 Å². The Labute approximate surface area is 198 Å². The fraction of sp³-hybridized carbons (Fsp3) is 0.200. The molecule has 0 saturated carbocycles. The van der Waals surface area contributed by atoms with Gasteiger partial charge in [0.1, 0.15) is 0 Å². The quantitative estimate of drug-likeness (QED) is 0.377. The Morgan fingerprint density at radius 2 is 1.61 bits per heavy atom. The van der Waals surface area contributed by atoms with Crippen LogP contribution in [0.4, 0.5) is 0 Å². The number of fused-ring (bicyclic) bond motifs is 1. The molecule has 0 fully saturated rings. The number of thioether (sulfide) groups is 1. The van der Waals surface area contributed by atoms with Gasteiger partial charge in [-0.25, -0.2) is 0 Å². The SMILES string of the molecule is Cl.N#Cc1ccc(C(=O)c2ccc(CSc3c(Cl)ccc4c3CCNCC4)cc2)cc1. The number of carbonyl (C=O) groups excluding carboxylic acids is 1. The van der Waals surface area contributed by atoms with Crippen LogP contribution in [0.25, 0.3) is 0 Å². The average Bonchev–Trinajstić information content (AvgIpc) is 3.04. The number of rotatable bonds is 5. The molecule has 1 aliphatic heterocycles. The summed E-state index contributed by atoms with van der Waals surface area (Å²) in [7, 11) is 0. The fourth-order valence-electron chi connectivity index (χ4n) is 3.64. The van der Waals surface area contributed by atoms with Gasteiger partial charge in [0.05, 0.1) is 16.7 Å². The lowest BCUT2D eigenvalue weighted by Gasteiger charge is -2.14. The lowest BCUT2D eigenvalue weighted by atomic mass is 10.0. The summed E-state index contributed by atoms with van der Waals surface area (Å²) in [6, 6.07) is 20.7. The van der Waals surface area contributed by atoms with Crippen molar-refractivity contribution in [3.63, 3.8) is 0 Å². The number of halogens is 2. The fourth-order valence-corrected chi connectivity index (χ4v) is 5.09. The summed E-state index contributed by atoms with van der Waals surface area (Å²) in [6.45, 7) is 1.99. The number of carbonyl (C=O) groups is 1. The van der Waals surface area contributed by atoms with Crippen molar-refractivity contribution in [3.8, 4) is 6.07 Å². The molecule has 0 aromatic heterocycles. The summed E-state index contributed by atoms with van der Waals surface area (Å²) in [6.07, 6.45) is 2.03. The van der Waals surface area contributed by atoms with Gasteiger partial charge in [-0.3, -0.25) is 4.79 Å². The second-order valence-corrected chi connectivity index (χ2v) is 8.66. The molecule has 0 amide bonds. The van der Waals surface area contributed by atoms with Crippen molar-refractivity contribution in [2.75, 3.05) is 13.1 Å². The van der Waals surface area contributed by atoms with Gasteiger partial charge >= 0.3 is 0 Å². The highest BCUT2D eigenvalue weighted by molar-refractivity contribution is 7.98. The maximum atomic E-state index is 12.7. The highest BCUT2D eigenvalue weighted by atomic mass is 35.5. The smallest absolute Gasteiger partial charge is 0.193 e. The van der Waals surface area contributed by atoms with Gasteiger partial charge in [0.25, 0.3) is 0 Å². The lowest BCUT2D eigenvalue weighted by Crippen LogP contribution is -2.16. The predicted molar refractivity (Wildman–Crippen MR) is 130 cm³/mol. The molecule has 3 nitrogen and oxygen atoms in total. The maximum Gasteiger partial charge on any atom is 0.193 e. The molecule has 0 radical (unpaired) electrons. The first kappa shape index (κ1) is 23.4. The van der Waals surface area contributed by atoms with Gasteiger partial charge in [-0.1, -0.05) is 41.9 Å². The number of nitriles is 1. The first-order valence-electron chi connectivity index (χ1n) is 9.93. The molecule has 0 saturated heterocycles. The average molecular weight is 469 g/mol. The third-order valence-corrected chi connectivity index (χ3v) is 6.97. The van der Waals surface area contributed by atoms with Crippen LogP contribution in [-0.4, -0.2) is 18.9 Å². The second-order valence-electron chi connectivity index (χ2n) is 7.27. The van der Waals surface area contributed by atoms with Gasteiger partial charge in [-0.05, 0) is 73.0 Å². The van der Waals surface area contributed by atoms with Crippen LogP contribution in [-0.2, 0) is 18.6 Å². The molecule has 0 aliphatic carbocycles. The molecule has 3 aromatic carbocycles. The van der Waals surface area contributed by atoms with E-state index >= 15 is 0 Å². The second kappa shape index (κ2) is 10.8. The zero-order valence-corrected chi connectivity index (χ0v) is 19.2. The Hall–Kier alpha value is -2.29. The first-order valence-corrected chi connectivity index (χ1v) is 11.3. The lowest BCUT2D eigenvalue weighted by molar-refractivity contribution is 0.103. The minimum atomic E-state index is -0.0392. The molecule has 0 bridgehead atoms. The van der Waals surface area contributed by atoms with E-state index in [4.69, 9.17) is 16.9 Å². The molecule has 1 heterocycles. The Kier molecular flexibility index (Phi) is 8.17. The molecule has 1 N–H and O–H groups in total. The topological polar surface area (TPSA) is 52.9 Å². The third-order valence-electron chi connectivity index (χ3n) is 5.31. The van der Waals surface area contributed by atoms with Gasteiger partial charge in [-0.15, -0.1) is 24.2 Å². The monoisotopic (exact) mass is 468 g/mol. The van der Waals surface area contributed by atoms with Crippen LogP contribution < -0.4 is 5.32 Å². The van der Waals surface area contributed by atoms with Gasteiger partial charge in [-0.2, -0.15) is 5.26 Å². The van der Waals surface area contributed by atoms with Crippen LogP contribution >= 0.6 is 35.8 Å². The van der Waals surface area contributed by atoms with E-state index in [-0.39, 0.29) is 18.2 Å². The van der Waals surface area contributed by atoms with Gasteiger partial charge < -0.3 is 5.32 Å². The van der Waals surface area contributed by atoms with E-state index in [0.29, 0.717) is 16.7 Å². The minimum absolute atomic E-state index is 0. The van der Waals surface area contributed by atoms with E-state index < -0.39 is 0 Å². The van der Waals surface area contributed by atoms with E-state index in [2.05, 4.69) is 17.5 Å². The molecule has 0 spiro atoms. The standard InChI is InChI=1S/C25H21ClN2OS.ClH/c26-23-10-9-19-11-13-28-14-12-22(19)25(23)30-16-18-3-7-21(8-4-18)24(29)20-5-1-17(15-27)2-6-20;/h1-10,28H,11-14,16H2;1H. The van der Waals surface area contributed by atoms with Crippen LogP contribution in [0.5, 0.6) is 0 Å². The Morgan fingerprint density at radius 3 is 2.29 bits per heavy atom. The van der Waals surface area contributed by atoms with Crippen LogP contribution in [0.2, 0.25) is 5.02 Å². The van der Waals surface area contributed by atoms with Crippen molar-refractivity contribution in [3.05, 3.63) is 99.1 Å². The van der Waals surface area contributed by atoms with Crippen molar-refractivity contribution >= 4 is 41.6 Å². The van der Waals surface area contributed by atoms with Crippen molar-refractivity contribution in [1.29, 1.82) is 5.26 Å². The Balaban J connectivity index is 0.00000272. The maximum absolute atomic E-state index is 12.7. The summed E-state index contributed by atoms with van der Waals surface area (Å²) in [5, 5.41) is 13.2. The summed E-state index contributed by atoms with van der Waals surface area (Å²) in [5.74, 6) is 0.761. The van der Waals surface area contributed by atoms with E-state index in [1.807, 2.05) is 30.3 Å². The van der Waals surface area contributed by atoms with Crippen LogP contribution in [0.1, 0.15) is 38.2 Å². The molecule has 1 aliphatic rings. The van der Waals surface area contributed by atoms with Crippen LogP contribution in [0.15, 0.2) is 65.6 Å². The van der Waals surface area contributed by atoms with Crippen molar-refractivity contribution in [1.82, 2.24) is 5.32 Å². The molecular formula is C25H22Cl2N2OS. The molecule has 6 heteroatoms. The highest BCUT2D eigenvalue weighted by Crippen LogP contribution is 2.36. The molecule has 0 unspecified atom stereocenters. The van der Waals surface area contributed by atoms with Gasteiger partial charge in [0.15, 0.2) is 5.78 Å². The van der Waals surface area contributed by atoms with Gasteiger partial charge in [0, 0.05) is 21.8 Å². The number of ketones is 1. The van der Waals surface area contributed by atoms with Gasteiger partial charge in [0.2, 0.25) is 0 Å². The Bertz CT molecular complexity index is 1110. The largest absolute Gasteiger partial charge is 0.316 e. The van der Waals surface area contributed by atoms with E-state index in [0.717, 1.165) is 42.3 Å². The zero-order chi connectivity index (χ0) is 20.9. The summed E-state index contributed by atoms with van der Waals surface area (Å²) < 4.78 is 0. The number of nitrogens with one attached hydrogen (secondary N) is 1. The van der Waals surface area contributed by atoms with Crippen molar-refractivity contribution in [2.45, 2.75) is 23.5 Å². The number of nitrogens with zero attached hydrogens (tertiary/aromatic N) is 1. The van der Waals surface area contributed by atoms with E-state index in [9.17, 15) is 4.79 Å². The number of benzene rings is 3. The summed E-state index contributed by atoms with van der Waals surface area (Å²) >= 11 is 8.29. The summed E-state index contributed by atoms with van der Waals surface area (Å²) in [5.41, 5.74) is 5.68. The van der Waals surface area contributed by atoms with Crippen LogP contribution in [0, 0.1) is 11.3 Å². The normalized spacial score (nSPS) is 12.8. The zero-order valence-electron chi connectivity index (χ0n) is 16.9. The van der Waals surface area contributed by atoms with Crippen molar-refractivity contribution in [2.24, 2.45) is 0 Å². The molecule has 4 rings (SSSR count). The number of hydrogen-bond acceptors (Lipinski definition) is 4. The predicted octanol–water partition coefficient (Wildman–Crippen LogP) is 5.84. The molecule has 31 heavy (non-hydrogen) atoms. The minimum Gasteiger partial charge on any atom is -0.316 e. The Morgan fingerprint density at radius 1 is 0.968 bits per heavy atom. The summed E-state index contributed by atoms with van der Waals surface area (Å²) in [4.78, 5) is 13.8. The number of hydrogen-bond donors (Lipinski definition) is 1. The molecule has 0 atom stereocenters. The molecule has 3 aromatic rings. The van der Waals surface area contributed by atoms with Crippen molar-refractivity contribution < 1.29 is 4.79 Å². The van der Waals surface area contributed by atoms with E-state index in [1.54, 1.807) is 36.0 Å². The highest BCUT2D eigenvalue weighted by Gasteiger charge is 2.15.